The van der Waals surface area contributed by atoms with Gasteiger partial charge in [-0.05, 0) is 30.9 Å². The standard InChI is InChI=1S/C15H21ClN2O/c1-18(13-7-8-19-10-13)15-11(3-2-4-14(15)16)9-17-12-5-6-12/h2-4,12-13,17H,5-10H2,1H3. The molecular weight excluding hydrogens is 260 g/mol. The van der Waals surface area contributed by atoms with Crippen molar-refractivity contribution in [2.24, 2.45) is 0 Å². The molecule has 4 heteroatoms. The number of nitrogens with one attached hydrogen (secondary N) is 1. The van der Waals surface area contributed by atoms with Gasteiger partial charge in [-0.15, -0.1) is 0 Å². The minimum absolute atomic E-state index is 0.444. The minimum atomic E-state index is 0.444. The zero-order valence-electron chi connectivity index (χ0n) is 11.4. The predicted molar refractivity (Wildman–Crippen MR) is 78.9 cm³/mol. The number of halogens is 1. The maximum Gasteiger partial charge on any atom is 0.0670 e. The Bertz CT molecular complexity index is 442. The summed E-state index contributed by atoms with van der Waals surface area (Å²) in [4.78, 5) is 2.29. The number of benzene rings is 1. The summed E-state index contributed by atoms with van der Waals surface area (Å²) < 4.78 is 5.49. The third-order valence-electron chi connectivity index (χ3n) is 4.03. The van der Waals surface area contributed by atoms with Crippen molar-refractivity contribution in [3.8, 4) is 0 Å². The smallest absolute Gasteiger partial charge is 0.0670 e. The van der Waals surface area contributed by atoms with E-state index in [0.717, 1.165) is 36.9 Å². The van der Waals surface area contributed by atoms with Gasteiger partial charge in [-0.3, -0.25) is 0 Å². The Morgan fingerprint density at radius 2 is 2.21 bits per heavy atom. The summed E-state index contributed by atoms with van der Waals surface area (Å²) in [5.41, 5.74) is 2.45. The zero-order valence-corrected chi connectivity index (χ0v) is 12.1. The largest absolute Gasteiger partial charge is 0.379 e. The molecule has 0 bridgehead atoms. The predicted octanol–water partition coefficient (Wildman–Crippen LogP) is 2.82. The second-order valence-corrected chi connectivity index (χ2v) is 5.94. The fourth-order valence-electron chi connectivity index (χ4n) is 2.65. The van der Waals surface area contributed by atoms with Crippen molar-refractivity contribution in [2.75, 3.05) is 25.2 Å². The second kappa shape index (κ2) is 5.70. The van der Waals surface area contributed by atoms with Gasteiger partial charge in [0.1, 0.15) is 0 Å². The maximum atomic E-state index is 6.42. The normalized spacial score (nSPS) is 22.7. The SMILES string of the molecule is CN(c1c(Cl)cccc1CNC1CC1)C1CCOC1. The van der Waals surface area contributed by atoms with E-state index >= 15 is 0 Å². The van der Waals surface area contributed by atoms with Crippen molar-refractivity contribution in [3.63, 3.8) is 0 Å². The quantitative estimate of drug-likeness (QED) is 0.898. The molecule has 0 amide bonds. The third-order valence-corrected chi connectivity index (χ3v) is 4.34. The van der Waals surface area contributed by atoms with Gasteiger partial charge in [0.2, 0.25) is 0 Å². The van der Waals surface area contributed by atoms with E-state index in [0.29, 0.717) is 12.1 Å². The Morgan fingerprint density at radius 1 is 1.37 bits per heavy atom. The Kier molecular flexibility index (Phi) is 3.96. The number of anilines is 1. The number of rotatable bonds is 5. The summed E-state index contributed by atoms with van der Waals surface area (Å²) in [6.07, 6.45) is 3.70. The number of hydrogen-bond donors (Lipinski definition) is 1. The first kappa shape index (κ1) is 13.2. The van der Waals surface area contributed by atoms with Gasteiger partial charge >= 0.3 is 0 Å². The van der Waals surface area contributed by atoms with Crippen LogP contribution in [0.3, 0.4) is 0 Å². The average molecular weight is 281 g/mol. The van der Waals surface area contributed by atoms with E-state index in [1.807, 2.05) is 12.1 Å². The van der Waals surface area contributed by atoms with Crippen LogP contribution in [0, 0.1) is 0 Å². The van der Waals surface area contributed by atoms with E-state index in [4.69, 9.17) is 16.3 Å². The van der Waals surface area contributed by atoms with Crippen molar-refractivity contribution in [1.29, 1.82) is 0 Å². The monoisotopic (exact) mass is 280 g/mol. The van der Waals surface area contributed by atoms with E-state index in [1.165, 1.54) is 18.4 Å². The van der Waals surface area contributed by atoms with Crippen LogP contribution in [0.1, 0.15) is 24.8 Å². The molecule has 0 radical (unpaired) electrons. The lowest BCUT2D eigenvalue weighted by atomic mass is 10.1. The van der Waals surface area contributed by atoms with Crippen LogP contribution in [0.5, 0.6) is 0 Å². The van der Waals surface area contributed by atoms with Crippen molar-refractivity contribution < 1.29 is 4.74 Å². The van der Waals surface area contributed by atoms with Crippen molar-refractivity contribution in [2.45, 2.75) is 37.9 Å². The highest BCUT2D eigenvalue weighted by molar-refractivity contribution is 6.33. The first-order valence-corrected chi connectivity index (χ1v) is 7.45. The molecule has 3 nitrogen and oxygen atoms in total. The molecule has 1 aromatic rings. The second-order valence-electron chi connectivity index (χ2n) is 5.53. The molecule has 1 atom stereocenters. The lowest BCUT2D eigenvalue weighted by Crippen LogP contribution is -2.33. The highest BCUT2D eigenvalue weighted by Crippen LogP contribution is 2.32. The van der Waals surface area contributed by atoms with Crippen LogP contribution in [0.25, 0.3) is 0 Å². The van der Waals surface area contributed by atoms with Crippen molar-refractivity contribution >= 4 is 17.3 Å². The van der Waals surface area contributed by atoms with Gasteiger partial charge in [0.25, 0.3) is 0 Å². The molecule has 0 spiro atoms. The van der Waals surface area contributed by atoms with Gasteiger partial charge in [-0.1, -0.05) is 23.7 Å². The zero-order chi connectivity index (χ0) is 13.2. The molecule has 104 valence electrons. The maximum absolute atomic E-state index is 6.42. The number of nitrogens with zero attached hydrogens (tertiary/aromatic N) is 1. The van der Waals surface area contributed by atoms with Crippen LogP contribution in [0.15, 0.2) is 18.2 Å². The molecule has 1 heterocycles. The number of likely N-dealkylation sites (N-methyl/N-ethyl adjacent to an activating group) is 1. The van der Waals surface area contributed by atoms with E-state index in [1.54, 1.807) is 0 Å². The van der Waals surface area contributed by atoms with E-state index < -0.39 is 0 Å². The van der Waals surface area contributed by atoms with Gasteiger partial charge in [-0.2, -0.15) is 0 Å². The molecule has 2 fully saturated rings. The first-order valence-electron chi connectivity index (χ1n) is 7.07. The van der Waals surface area contributed by atoms with Gasteiger partial charge in [0.05, 0.1) is 23.4 Å². The lowest BCUT2D eigenvalue weighted by Gasteiger charge is -2.29. The summed E-state index contributed by atoms with van der Waals surface area (Å²) in [6, 6.07) is 7.34. The number of ether oxygens (including phenoxy) is 1. The molecule has 1 aliphatic carbocycles. The Hall–Kier alpha value is -0.770. The van der Waals surface area contributed by atoms with Gasteiger partial charge in [-0.25, -0.2) is 0 Å². The molecule has 3 rings (SSSR count). The summed E-state index contributed by atoms with van der Waals surface area (Å²) in [7, 11) is 2.13. The van der Waals surface area contributed by atoms with Crippen LogP contribution < -0.4 is 10.2 Å². The average Bonchev–Trinajstić information content (AvgIpc) is 3.07. The summed E-state index contributed by atoms with van der Waals surface area (Å²) in [6.45, 7) is 2.56. The van der Waals surface area contributed by atoms with E-state index in [2.05, 4.69) is 23.3 Å². The van der Waals surface area contributed by atoms with Crippen LogP contribution >= 0.6 is 11.6 Å². The van der Waals surface area contributed by atoms with Gasteiger partial charge in [0.15, 0.2) is 0 Å². The fourth-order valence-corrected chi connectivity index (χ4v) is 2.98. The molecule has 1 saturated heterocycles. The Balaban J connectivity index is 1.79. The van der Waals surface area contributed by atoms with Crippen molar-refractivity contribution in [1.82, 2.24) is 5.32 Å². The molecule has 1 N–H and O–H groups in total. The lowest BCUT2D eigenvalue weighted by molar-refractivity contribution is 0.193. The molecule has 1 aliphatic heterocycles. The van der Waals surface area contributed by atoms with Crippen LogP contribution in [0.4, 0.5) is 5.69 Å². The summed E-state index contributed by atoms with van der Waals surface area (Å²) in [5, 5.41) is 4.41. The topological polar surface area (TPSA) is 24.5 Å². The van der Waals surface area contributed by atoms with E-state index in [-0.39, 0.29) is 0 Å². The molecule has 1 saturated carbocycles. The molecule has 1 aromatic carbocycles. The third kappa shape index (κ3) is 3.04. The van der Waals surface area contributed by atoms with Gasteiger partial charge in [0, 0.05) is 26.2 Å². The minimum Gasteiger partial charge on any atom is -0.379 e. The van der Waals surface area contributed by atoms with Crippen LogP contribution in [0.2, 0.25) is 5.02 Å². The number of hydrogen-bond acceptors (Lipinski definition) is 3. The molecule has 19 heavy (non-hydrogen) atoms. The highest BCUT2D eigenvalue weighted by atomic mass is 35.5. The van der Waals surface area contributed by atoms with Crippen molar-refractivity contribution in [3.05, 3.63) is 28.8 Å². The highest BCUT2D eigenvalue weighted by Gasteiger charge is 2.25. The summed E-state index contributed by atoms with van der Waals surface area (Å²) >= 11 is 6.42. The Labute approximate surface area is 119 Å². The molecular formula is C15H21ClN2O. The first-order chi connectivity index (χ1) is 9.25. The molecule has 2 aliphatic rings. The van der Waals surface area contributed by atoms with E-state index in [9.17, 15) is 0 Å². The molecule has 1 unspecified atom stereocenters. The molecule has 0 aromatic heterocycles. The van der Waals surface area contributed by atoms with Crippen LogP contribution in [-0.4, -0.2) is 32.3 Å². The summed E-state index contributed by atoms with van der Waals surface area (Å²) in [5.74, 6) is 0. The fraction of sp³-hybridized carbons (Fsp3) is 0.600. The Morgan fingerprint density at radius 3 is 2.89 bits per heavy atom. The van der Waals surface area contributed by atoms with Gasteiger partial charge < -0.3 is 15.0 Å². The number of para-hydroxylation sites is 1. The van der Waals surface area contributed by atoms with Crippen LogP contribution in [-0.2, 0) is 11.3 Å².